The molecule has 1 aliphatic heterocycles. The Morgan fingerprint density at radius 2 is 2.00 bits per heavy atom. The molecule has 234 valence electrons. The van der Waals surface area contributed by atoms with Gasteiger partial charge in [-0.15, -0.1) is 0 Å². The second-order valence-electron chi connectivity index (χ2n) is 12.1. The Balaban J connectivity index is 1.37. The van der Waals surface area contributed by atoms with Crippen LogP contribution in [0.25, 0.3) is 28.0 Å². The number of nitrogens with two attached hydrogens (primary N) is 2. The smallest absolute Gasteiger partial charge is 0.354 e. The predicted octanol–water partition coefficient (Wildman–Crippen LogP) is 5.64. The number of benzene rings is 2. The van der Waals surface area contributed by atoms with Crippen molar-refractivity contribution in [3.05, 3.63) is 81.1 Å². The van der Waals surface area contributed by atoms with Crippen molar-refractivity contribution in [2.75, 3.05) is 13.2 Å². The highest BCUT2D eigenvalue weighted by Crippen LogP contribution is 2.37. The first-order chi connectivity index (χ1) is 21.1. The van der Waals surface area contributed by atoms with E-state index in [0.29, 0.717) is 46.4 Å². The largest absolute Gasteiger partial charge is 0.394 e. The van der Waals surface area contributed by atoms with Gasteiger partial charge in [-0.25, -0.2) is 9.18 Å². The fourth-order valence-corrected chi connectivity index (χ4v) is 6.17. The number of guanidine groups is 1. The highest BCUT2D eigenvalue weighted by Gasteiger charge is 2.30. The summed E-state index contributed by atoms with van der Waals surface area (Å²) >= 11 is 6.27. The first kappa shape index (κ1) is 31.7. The number of nitrogens with zero attached hydrogens (tertiary/aromatic N) is 3. The predicted molar refractivity (Wildman–Crippen MR) is 173 cm³/mol. The number of ether oxygens (including phenoxy) is 1. The van der Waals surface area contributed by atoms with Crippen LogP contribution in [0.4, 0.5) is 4.39 Å². The number of aliphatic hydroxyl groups is 1. The molecule has 0 aliphatic carbocycles. The molecule has 5 rings (SSSR count). The first-order valence-corrected chi connectivity index (χ1v) is 15.5. The van der Waals surface area contributed by atoms with Crippen molar-refractivity contribution >= 4 is 28.6 Å². The molecule has 0 saturated carbocycles. The molecule has 1 saturated heterocycles. The number of nitrogens with one attached hydrogen (secondary N) is 1. The number of hydrogen-bond acceptors (Lipinski definition) is 5. The van der Waals surface area contributed by atoms with Gasteiger partial charge in [-0.1, -0.05) is 44.0 Å². The van der Waals surface area contributed by atoms with Crippen LogP contribution in [0.3, 0.4) is 0 Å². The number of hydrogen-bond donors (Lipinski definition) is 4. The van der Waals surface area contributed by atoms with Gasteiger partial charge < -0.3 is 26.3 Å². The van der Waals surface area contributed by atoms with Gasteiger partial charge in [-0.3, -0.25) is 9.56 Å². The minimum Gasteiger partial charge on any atom is -0.394 e. The van der Waals surface area contributed by atoms with E-state index in [0.717, 1.165) is 49.7 Å². The molecule has 2 aromatic carbocycles. The Morgan fingerprint density at radius 1 is 1.23 bits per heavy atom. The summed E-state index contributed by atoms with van der Waals surface area (Å²) in [5, 5.41) is 10.5. The average Bonchev–Trinajstić information content (AvgIpc) is 3.40. The van der Waals surface area contributed by atoms with Crippen molar-refractivity contribution in [2.45, 2.75) is 64.6 Å². The summed E-state index contributed by atoms with van der Waals surface area (Å²) in [7, 11) is 0. The lowest BCUT2D eigenvalue weighted by Gasteiger charge is -2.35. The molecule has 3 atom stereocenters. The Morgan fingerprint density at radius 3 is 2.70 bits per heavy atom. The van der Waals surface area contributed by atoms with E-state index >= 15 is 4.39 Å². The summed E-state index contributed by atoms with van der Waals surface area (Å²) in [4.78, 5) is 24.5. The minimum atomic E-state index is -0.511. The van der Waals surface area contributed by atoms with Crippen molar-refractivity contribution in [2.24, 2.45) is 28.3 Å². The standard InChI is InChI=1S/C33H40ClFN6O3/c1-19(2)4-3-5-20-13-26(30(35)27(34)14-20)28-16-23-17-41(33(43)40-31(23)39-28)24-8-6-22(7-9-24)29-15-21(10-11-38-32(36)37)12-25(18-42)44-29/h6-9,13-14,16-17,19,21,25,29,42H,3-5,10-12,15,18H2,1-2H3,(H4,36,37,38)(H,39,40,43)/t21?,25?,29-/m1/s1. The maximum atomic E-state index is 15.1. The molecule has 44 heavy (non-hydrogen) atoms. The molecule has 0 radical (unpaired) electrons. The van der Waals surface area contributed by atoms with Crippen LogP contribution < -0.4 is 17.2 Å². The van der Waals surface area contributed by atoms with E-state index in [1.807, 2.05) is 30.3 Å². The van der Waals surface area contributed by atoms with Crippen molar-refractivity contribution in [1.29, 1.82) is 0 Å². The molecule has 0 amide bonds. The van der Waals surface area contributed by atoms with E-state index in [2.05, 4.69) is 28.8 Å². The normalized spacial score (nSPS) is 18.6. The number of aliphatic imine (C=N–C) groups is 1. The highest BCUT2D eigenvalue weighted by molar-refractivity contribution is 6.31. The van der Waals surface area contributed by atoms with Crippen molar-refractivity contribution in [3.63, 3.8) is 0 Å². The molecule has 11 heteroatoms. The van der Waals surface area contributed by atoms with Gasteiger partial charge in [0.15, 0.2) is 11.8 Å². The van der Waals surface area contributed by atoms with Crippen molar-refractivity contribution < 1.29 is 14.2 Å². The van der Waals surface area contributed by atoms with Crippen LogP contribution >= 0.6 is 11.6 Å². The van der Waals surface area contributed by atoms with Gasteiger partial charge in [0, 0.05) is 23.7 Å². The zero-order valence-electron chi connectivity index (χ0n) is 25.1. The maximum Gasteiger partial charge on any atom is 0.354 e. The summed E-state index contributed by atoms with van der Waals surface area (Å²) in [6, 6.07) is 12.8. The molecule has 9 nitrogen and oxygen atoms in total. The molecule has 1 aliphatic rings. The summed E-state index contributed by atoms with van der Waals surface area (Å²) < 4.78 is 22.8. The number of H-pyrrole nitrogens is 1. The van der Waals surface area contributed by atoms with Gasteiger partial charge >= 0.3 is 5.69 Å². The number of aromatic nitrogens is 3. The Hall–Kier alpha value is -3.73. The Kier molecular flexibility index (Phi) is 10.0. The van der Waals surface area contributed by atoms with Gasteiger partial charge in [0.2, 0.25) is 0 Å². The lowest BCUT2D eigenvalue weighted by atomic mass is 9.86. The number of aromatic amines is 1. The van der Waals surface area contributed by atoms with Crippen LogP contribution in [0, 0.1) is 17.7 Å². The van der Waals surface area contributed by atoms with Crippen molar-refractivity contribution in [3.8, 4) is 16.9 Å². The van der Waals surface area contributed by atoms with Gasteiger partial charge in [0.05, 0.1) is 35.2 Å². The fraction of sp³-hybridized carbons (Fsp3) is 0.424. The average molecular weight is 623 g/mol. The van der Waals surface area contributed by atoms with E-state index in [4.69, 9.17) is 27.8 Å². The SMILES string of the molecule is CC(C)CCCc1cc(Cl)c(F)c(-c2cc3cn(-c4ccc([C@H]5CC(CCN=C(N)N)CC(CO)O5)cc4)c(=O)nc3[nH]2)c1. The maximum absolute atomic E-state index is 15.1. The molecule has 6 N–H and O–H groups in total. The van der Waals surface area contributed by atoms with E-state index < -0.39 is 11.5 Å². The second kappa shape index (κ2) is 13.9. The minimum absolute atomic E-state index is 0.0638. The Bertz CT molecular complexity index is 1680. The zero-order chi connectivity index (χ0) is 31.4. The van der Waals surface area contributed by atoms with E-state index in [1.54, 1.807) is 18.3 Å². The quantitative estimate of drug-likeness (QED) is 0.126. The molecule has 3 heterocycles. The molecular formula is C33H40ClFN6O3. The third kappa shape index (κ3) is 7.49. The van der Waals surface area contributed by atoms with E-state index in [9.17, 15) is 9.90 Å². The van der Waals surface area contributed by atoms with Crippen LogP contribution in [0.1, 0.15) is 63.2 Å². The number of aliphatic hydroxyl groups excluding tert-OH is 1. The molecule has 4 aromatic rings. The Labute approximate surface area is 261 Å². The van der Waals surface area contributed by atoms with Crippen LogP contribution in [-0.2, 0) is 11.2 Å². The monoisotopic (exact) mass is 622 g/mol. The molecule has 2 aromatic heterocycles. The lowest BCUT2D eigenvalue weighted by molar-refractivity contribution is -0.0935. The summed E-state index contributed by atoms with van der Waals surface area (Å²) in [6.45, 7) is 4.82. The zero-order valence-corrected chi connectivity index (χ0v) is 25.9. The lowest BCUT2D eigenvalue weighted by Crippen LogP contribution is -2.31. The van der Waals surface area contributed by atoms with Crippen molar-refractivity contribution in [1.82, 2.24) is 14.5 Å². The molecule has 0 spiro atoms. The number of aryl methyl sites for hydroxylation is 1. The summed E-state index contributed by atoms with van der Waals surface area (Å²) in [5.41, 5.74) is 14.2. The summed E-state index contributed by atoms with van der Waals surface area (Å²) in [5.74, 6) is 0.448. The first-order valence-electron chi connectivity index (χ1n) is 15.1. The van der Waals surface area contributed by atoms with Crippen LogP contribution in [-0.4, -0.2) is 44.9 Å². The van der Waals surface area contributed by atoms with Crippen LogP contribution in [0.2, 0.25) is 5.02 Å². The van der Waals surface area contributed by atoms with Gasteiger partial charge in [0.1, 0.15) is 5.65 Å². The third-order valence-electron chi connectivity index (χ3n) is 8.21. The molecule has 0 bridgehead atoms. The number of halogens is 2. The highest BCUT2D eigenvalue weighted by atomic mass is 35.5. The van der Waals surface area contributed by atoms with Crippen LogP contribution in [0.5, 0.6) is 0 Å². The number of fused-ring (bicyclic) bond motifs is 1. The third-order valence-corrected chi connectivity index (χ3v) is 8.49. The van der Waals surface area contributed by atoms with Gasteiger partial charge in [0.25, 0.3) is 0 Å². The summed E-state index contributed by atoms with van der Waals surface area (Å²) in [6.07, 6.45) is 6.40. The van der Waals surface area contributed by atoms with Crippen LogP contribution in [0.15, 0.2) is 58.4 Å². The molecule has 2 unspecified atom stereocenters. The topological polar surface area (TPSA) is 145 Å². The van der Waals surface area contributed by atoms with E-state index in [-0.39, 0.29) is 29.8 Å². The van der Waals surface area contributed by atoms with Gasteiger partial charge in [-0.05, 0) is 85.4 Å². The van der Waals surface area contributed by atoms with Gasteiger partial charge in [-0.2, -0.15) is 4.98 Å². The number of rotatable bonds is 11. The fourth-order valence-electron chi connectivity index (χ4n) is 5.93. The molecular weight excluding hydrogens is 583 g/mol. The second-order valence-corrected chi connectivity index (χ2v) is 12.5. The molecule has 1 fully saturated rings. The van der Waals surface area contributed by atoms with E-state index in [1.165, 1.54) is 4.57 Å².